The van der Waals surface area contributed by atoms with Gasteiger partial charge in [0.05, 0.1) is 0 Å². The van der Waals surface area contributed by atoms with Gasteiger partial charge >= 0.3 is 30.3 Å². The zero-order chi connectivity index (χ0) is 37.9. The molecule has 0 heterocycles. The highest BCUT2D eigenvalue weighted by Gasteiger charge is 2.72. The lowest BCUT2D eigenvalue weighted by Crippen LogP contribution is -2.54. The van der Waals surface area contributed by atoms with E-state index in [2.05, 4.69) is 6.58 Å². The van der Waals surface area contributed by atoms with Crippen LogP contribution < -0.4 is 14.2 Å². The molecule has 0 spiro atoms. The molecule has 270 valence electrons. The van der Waals surface area contributed by atoms with Gasteiger partial charge in [-0.15, -0.1) is 0 Å². The van der Waals surface area contributed by atoms with E-state index in [4.69, 9.17) is 18.9 Å². The molecule has 52 heavy (non-hydrogen) atoms. The first-order chi connectivity index (χ1) is 24.6. The Hall–Kier alpha value is -6.11. The summed E-state index contributed by atoms with van der Waals surface area (Å²) >= 11 is 0. The highest BCUT2D eigenvalue weighted by Crippen LogP contribution is 2.56. The molecule has 13 heteroatoms. The highest BCUT2D eigenvalue weighted by molar-refractivity contribution is 5.89. The first-order valence-electron chi connectivity index (χ1n) is 15.4. The Bertz CT molecular complexity index is 1900. The quantitative estimate of drug-likeness (QED) is 0.0448. The SMILES string of the molecule is C=CC(=O)OCCOc1ccc(/C=C/C(=O)Oc2ccc(C(c3ccc(OC(=O)/C=C/c4ccc(C)cc4)cc3)(C(F)(F)F)C(F)(F)F)cc2)cc1. The fourth-order valence-corrected chi connectivity index (χ4v) is 4.87. The van der Waals surface area contributed by atoms with Crippen molar-refractivity contribution in [3.8, 4) is 17.2 Å². The number of halogens is 6. The Balaban J connectivity index is 1.45. The van der Waals surface area contributed by atoms with Crippen molar-refractivity contribution in [3.05, 3.63) is 150 Å². The van der Waals surface area contributed by atoms with Gasteiger partial charge in [-0.05, 0) is 77.7 Å². The molecule has 0 amide bonds. The summed E-state index contributed by atoms with van der Waals surface area (Å²) in [6.07, 6.45) is -5.83. The molecular formula is C39H30F6O7. The number of alkyl halides is 6. The zero-order valence-electron chi connectivity index (χ0n) is 27.4. The maximum Gasteiger partial charge on any atom is 0.411 e. The van der Waals surface area contributed by atoms with Gasteiger partial charge in [-0.1, -0.05) is 72.8 Å². The molecule has 0 atom stereocenters. The second kappa shape index (κ2) is 16.7. The van der Waals surface area contributed by atoms with Gasteiger partial charge in [0.15, 0.2) is 0 Å². The summed E-state index contributed by atoms with van der Waals surface area (Å²) in [6, 6.07) is 19.1. The second-order valence-corrected chi connectivity index (χ2v) is 11.0. The largest absolute Gasteiger partial charge is 0.490 e. The zero-order valence-corrected chi connectivity index (χ0v) is 27.4. The van der Waals surface area contributed by atoms with Crippen molar-refractivity contribution in [3.63, 3.8) is 0 Å². The van der Waals surface area contributed by atoms with E-state index >= 15 is 0 Å². The molecule has 0 radical (unpaired) electrons. The molecule has 4 aromatic rings. The number of carbonyl (C=O) groups is 3. The summed E-state index contributed by atoms with van der Waals surface area (Å²) < 4.78 is 108. The third kappa shape index (κ3) is 9.77. The minimum atomic E-state index is -5.87. The van der Waals surface area contributed by atoms with E-state index in [1.54, 1.807) is 36.4 Å². The Morgan fingerprint density at radius 1 is 0.577 bits per heavy atom. The predicted molar refractivity (Wildman–Crippen MR) is 179 cm³/mol. The number of hydrogen-bond donors (Lipinski definition) is 0. The van der Waals surface area contributed by atoms with Gasteiger partial charge in [0, 0.05) is 18.2 Å². The minimum absolute atomic E-state index is 0.00658. The molecule has 0 unspecified atom stereocenters. The van der Waals surface area contributed by atoms with E-state index in [1.165, 1.54) is 12.2 Å². The fourth-order valence-electron chi connectivity index (χ4n) is 4.87. The van der Waals surface area contributed by atoms with Gasteiger partial charge < -0.3 is 18.9 Å². The van der Waals surface area contributed by atoms with Crippen LogP contribution in [0.4, 0.5) is 26.3 Å². The standard InChI is InChI=1S/C39H30F6O7/c1-3-34(46)50-25-24-49-31-16-8-28(9-17-31)11-23-36(48)52-33-20-14-30(15-21-33)37(38(40,41)42,39(43,44)45)29-12-18-32(19-13-29)51-35(47)22-10-27-6-4-26(2)5-7-27/h3-23H,1,24-25H2,2H3/b22-10+,23-11+. The summed E-state index contributed by atoms with van der Waals surface area (Å²) in [5.41, 5.74) is -4.64. The molecule has 0 aromatic heterocycles. The number of esters is 3. The fraction of sp³-hybridized carbons (Fsp3) is 0.154. The van der Waals surface area contributed by atoms with Crippen molar-refractivity contribution in [2.45, 2.75) is 24.7 Å². The molecule has 4 rings (SSSR count). The van der Waals surface area contributed by atoms with Crippen molar-refractivity contribution >= 4 is 30.1 Å². The van der Waals surface area contributed by atoms with E-state index in [0.717, 1.165) is 48.1 Å². The predicted octanol–water partition coefficient (Wildman–Crippen LogP) is 8.75. The highest BCUT2D eigenvalue weighted by atomic mass is 19.4. The van der Waals surface area contributed by atoms with Crippen molar-refractivity contribution in [1.82, 2.24) is 0 Å². The summed E-state index contributed by atoms with van der Waals surface area (Å²) in [4.78, 5) is 35.7. The van der Waals surface area contributed by atoms with Gasteiger partial charge in [0.2, 0.25) is 5.41 Å². The average molecular weight is 725 g/mol. The molecule has 0 saturated heterocycles. The monoisotopic (exact) mass is 724 g/mol. The van der Waals surface area contributed by atoms with E-state index in [0.29, 0.717) is 41.1 Å². The van der Waals surface area contributed by atoms with E-state index in [9.17, 15) is 40.7 Å². The van der Waals surface area contributed by atoms with Crippen LogP contribution in [0.2, 0.25) is 0 Å². The minimum Gasteiger partial charge on any atom is -0.490 e. The number of carbonyl (C=O) groups excluding carboxylic acids is 3. The topological polar surface area (TPSA) is 88.1 Å². The van der Waals surface area contributed by atoms with Gasteiger partial charge in [-0.25, -0.2) is 14.4 Å². The van der Waals surface area contributed by atoms with Crippen molar-refractivity contribution < 1.29 is 59.7 Å². The molecule has 0 saturated carbocycles. The van der Waals surface area contributed by atoms with E-state index in [1.807, 2.05) is 19.1 Å². The van der Waals surface area contributed by atoms with Crippen LogP contribution >= 0.6 is 0 Å². The number of rotatable bonds is 13. The summed E-state index contributed by atoms with van der Waals surface area (Å²) in [6.45, 7) is 5.25. The van der Waals surface area contributed by atoms with Gasteiger partial charge in [0.1, 0.15) is 30.5 Å². The molecule has 0 fully saturated rings. The Morgan fingerprint density at radius 3 is 1.38 bits per heavy atom. The van der Waals surface area contributed by atoms with Crippen LogP contribution in [0.15, 0.2) is 122 Å². The van der Waals surface area contributed by atoms with Gasteiger partial charge in [-0.3, -0.25) is 0 Å². The molecule has 0 N–H and O–H groups in total. The van der Waals surface area contributed by atoms with Crippen molar-refractivity contribution in [2.75, 3.05) is 13.2 Å². The Kier molecular flexibility index (Phi) is 12.4. The first-order valence-corrected chi connectivity index (χ1v) is 15.4. The van der Waals surface area contributed by atoms with Crippen LogP contribution in [-0.2, 0) is 24.5 Å². The number of hydrogen-bond acceptors (Lipinski definition) is 7. The Morgan fingerprint density at radius 2 is 0.981 bits per heavy atom. The maximum atomic E-state index is 14.6. The molecular weight excluding hydrogens is 694 g/mol. The van der Waals surface area contributed by atoms with Gasteiger partial charge in [-0.2, -0.15) is 26.3 Å². The third-order valence-corrected chi connectivity index (χ3v) is 7.41. The van der Waals surface area contributed by atoms with Crippen LogP contribution in [0.25, 0.3) is 12.2 Å². The molecule has 0 bridgehead atoms. The third-order valence-electron chi connectivity index (χ3n) is 7.41. The van der Waals surface area contributed by atoms with Crippen LogP contribution in [-0.4, -0.2) is 43.5 Å². The number of aryl methyl sites for hydroxylation is 1. The smallest absolute Gasteiger partial charge is 0.411 e. The maximum absolute atomic E-state index is 14.6. The van der Waals surface area contributed by atoms with Crippen LogP contribution in [0.5, 0.6) is 17.2 Å². The molecule has 0 aliphatic carbocycles. The van der Waals surface area contributed by atoms with Gasteiger partial charge in [0.25, 0.3) is 0 Å². The van der Waals surface area contributed by atoms with Crippen LogP contribution in [0.3, 0.4) is 0 Å². The lowest BCUT2D eigenvalue weighted by Gasteiger charge is -2.38. The summed E-state index contributed by atoms with van der Waals surface area (Å²) in [7, 11) is 0. The lowest BCUT2D eigenvalue weighted by atomic mass is 9.73. The average Bonchev–Trinajstić information content (AvgIpc) is 3.10. The van der Waals surface area contributed by atoms with Crippen LogP contribution in [0, 0.1) is 6.92 Å². The van der Waals surface area contributed by atoms with Crippen molar-refractivity contribution in [2.24, 2.45) is 0 Å². The Labute approximate surface area is 294 Å². The van der Waals surface area contributed by atoms with E-state index in [-0.39, 0.29) is 24.7 Å². The molecule has 4 aromatic carbocycles. The lowest BCUT2D eigenvalue weighted by molar-refractivity contribution is -0.288. The molecule has 7 nitrogen and oxygen atoms in total. The summed E-state index contributed by atoms with van der Waals surface area (Å²) in [5, 5.41) is 0. The molecule has 0 aliphatic heterocycles. The number of ether oxygens (including phenoxy) is 4. The number of benzene rings is 4. The van der Waals surface area contributed by atoms with Crippen LogP contribution in [0.1, 0.15) is 27.8 Å². The molecule has 0 aliphatic rings. The normalized spacial score (nSPS) is 12.1. The first kappa shape index (κ1) is 38.7. The summed E-state index contributed by atoms with van der Waals surface area (Å²) in [5.74, 6) is -2.56. The van der Waals surface area contributed by atoms with E-state index < -0.39 is 46.8 Å². The second-order valence-electron chi connectivity index (χ2n) is 11.0. The van der Waals surface area contributed by atoms with Crippen molar-refractivity contribution in [1.29, 1.82) is 0 Å².